The first-order chi connectivity index (χ1) is 11.1. The lowest BCUT2D eigenvalue weighted by atomic mass is 10.2. The number of hydrogen-bond donors (Lipinski definition) is 2. The second-order valence-electron chi connectivity index (χ2n) is 4.81. The van der Waals surface area contributed by atoms with Crippen molar-refractivity contribution < 1.29 is 9.59 Å². The fraction of sp³-hybridized carbons (Fsp3) is 0. The van der Waals surface area contributed by atoms with Crippen molar-refractivity contribution in [1.82, 2.24) is 9.38 Å². The molecule has 114 valence electrons. The Kier molecular flexibility index (Phi) is 3.60. The number of primary amides is 1. The van der Waals surface area contributed by atoms with Gasteiger partial charge in [0.1, 0.15) is 11.2 Å². The average molecular weight is 308 g/mol. The van der Waals surface area contributed by atoms with Gasteiger partial charge in [-0.15, -0.1) is 0 Å². The fourth-order valence-electron chi connectivity index (χ4n) is 2.13. The fourth-order valence-corrected chi connectivity index (χ4v) is 2.13. The smallest absolute Gasteiger partial charge is 0.270 e. The SMILES string of the molecule is NC(=O)c1cccc(NC(=O)c2cnc3ccccn3c2=O)c1. The largest absolute Gasteiger partial charge is 0.366 e. The number of pyridine rings is 1. The van der Waals surface area contributed by atoms with Gasteiger partial charge >= 0.3 is 0 Å². The predicted octanol–water partition coefficient (Wildman–Crippen LogP) is 1.05. The summed E-state index contributed by atoms with van der Waals surface area (Å²) in [7, 11) is 0. The summed E-state index contributed by atoms with van der Waals surface area (Å²) in [6.07, 6.45) is 2.76. The summed E-state index contributed by atoms with van der Waals surface area (Å²) in [6, 6.07) is 11.2. The van der Waals surface area contributed by atoms with Crippen LogP contribution in [-0.4, -0.2) is 21.2 Å². The third-order valence-electron chi connectivity index (χ3n) is 3.26. The maximum atomic E-state index is 12.3. The van der Waals surface area contributed by atoms with Crippen LogP contribution in [0.4, 0.5) is 5.69 Å². The van der Waals surface area contributed by atoms with Crippen LogP contribution in [-0.2, 0) is 0 Å². The highest BCUT2D eigenvalue weighted by atomic mass is 16.2. The molecule has 3 rings (SSSR count). The first-order valence-corrected chi connectivity index (χ1v) is 6.74. The van der Waals surface area contributed by atoms with Crippen molar-refractivity contribution in [2.75, 3.05) is 5.32 Å². The number of fused-ring (bicyclic) bond motifs is 1. The number of nitrogens with one attached hydrogen (secondary N) is 1. The van der Waals surface area contributed by atoms with Gasteiger partial charge in [0.25, 0.3) is 11.5 Å². The lowest BCUT2D eigenvalue weighted by Gasteiger charge is -2.07. The molecule has 0 saturated carbocycles. The predicted molar refractivity (Wildman–Crippen MR) is 84.4 cm³/mol. The molecule has 0 bridgehead atoms. The van der Waals surface area contributed by atoms with Gasteiger partial charge in [-0.3, -0.25) is 18.8 Å². The lowest BCUT2D eigenvalue weighted by molar-refractivity contribution is 0.0996. The number of hydrogen-bond acceptors (Lipinski definition) is 4. The molecule has 2 heterocycles. The van der Waals surface area contributed by atoms with Crippen molar-refractivity contribution in [2.45, 2.75) is 0 Å². The minimum atomic E-state index is -0.609. The Labute approximate surface area is 130 Å². The Morgan fingerprint density at radius 3 is 2.74 bits per heavy atom. The number of amides is 2. The molecule has 7 nitrogen and oxygen atoms in total. The van der Waals surface area contributed by atoms with E-state index in [1.54, 1.807) is 30.3 Å². The number of anilines is 1. The van der Waals surface area contributed by atoms with E-state index in [0.717, 1.165) is 0 Å². The minimum absolute atomic E-state index is 0.0989. The van der Waals surface area contributed by atoms with Gasteiger partial charge in [0.2, 0.25) is 5.91 Å². The Hall–Kier alpha value is -3.48. The normalized spacial score (nSPS) is 10.4. The molecule has 3 N–H and O–H groups in total. The number of rotatable bonds is 3. The molecule has 0 spiro atoms. The highest BCUT2D eigenvalue weighted by Crippen LogP contribution is 2.11. The van der Waals surface area contributed by atoms with Crippen molar-refractivity contribution in [2.24, 2.45) is 5.73 Å². The second kappa shape index (κ2) is 5.72. The summed E-state index contributed by atoms with van der Waals surface area (Å²) in [5.74, 6) is -1.21. The zero-order valence-corrected chi connectivity index (χ0v) is 11.9. The first-order valence-electron chi connectivity index (χ1n) is 6.74. The Morgan fingerprint density at radius 1 is 1.13 bits per heavy atom. The first kappa shape index (κ1) is 14.5. The van der Waals surface area contributed by atoms with E-state index in [-0.39, 0.29) is 11.1 Å². The minimum Gasteiger partial charge on any atom is -0.366 e. The van der Waals surface area contributed by atoms with E-state index in [4.69, 9.17) is 5.73 Å². The van der Waals surface area contributed by atoms with E-state index in [2.05, 4.69) is 10.3 Å². The maximum absolute atomic E-state index is 12.3. The van der Waals surface area contributed by atoms with Gasteiger partial charge in [-0.25, -0.2) is 4.98 Å². The number of benzene rings is 1. The summed E-state index contributed by atoms with van der Waals surface area (Å²) in [5, 5.41) is 2.56. The molecule has 2 amide bonds. The molecule has 1 aromatic carbocycles. The third-order valence-corrected chi connectivity index (χ3v) is 3.26. The second-order valence-corrected chi connectivity index (χ2v) is 4.81. The van der Waals surface area contributed by atoms with Crippen LogP contribution in [0.15, 0.2) is 59.7 Å². The molecule has 0 aliphatic heterocycles. The Bertz CT molecular complexity index is 978. The van der Waals surface area contributed by atoms with E-state index in [0.29, 0.717) is 11.3 Å². The van der Waals surface area contributed by atoms with Gasteiger partial charge in [-0.2, -0.15) is 0 Å². The molecule has 0 fully saturated rings. The highest BCUT2D eigenvalue weighted by molar-refractivity contribution is 6.04. The zero-order valence-electron chi connectivity index (χ0n) is 11.9. The maximum Gasteiger partial charge on any atom is 0.270 e. The van der Waals surface area contributed by atoms with E-state index in [1.165, 1.54) is 28.9 Å². The molecule has 3 aromatic rings. The van der Waals surface area contributed by atoms with Gasteiger partial charge in [0.15, 0.2) is 0 Å². The molecule has 0 saturated heterocycles. The third kappa shape index (κ3) is 2.80. The quantitative estimate of drug-likeness (QED) is 0.754. The molecule has 0 atom stereocenters. The summed E-state index contributed by atoms with van der Waals surface area (Å²) in [6.45, 7) is 0. The molecule has 0 unspecified atom stereocenters. The van der Waals surface area contributed by atoms with Crippen molar-refractivity contribution >= 4 is 23.1 Å². The lowest BCUT2D eigenvalue weighted by Crippen LogP contribution is -2.26. The Balaban J connectivity index is 1.95. The van der Waals surface area contributed by atoms with Crippen molar-refractivity contribution in [3.63, 3.8) is 0 Å². The number of nitrogens with two attached hydrogens (primary N) is 1. The van der Waals surface area contributed by atoms with Gasteiger partial charge in [-0.1, -0.05) is 12.1 Å². The molecule has 2 aromatic heterocycles. The van der Waals surface area contributed by atoms with E-state index in [1.807, 2.05) is 0 Å². The van der Waals surface area contributed by atoms with Gasteiger partial charge in [-0.05, 0) is 30.3 Å². The zero-order chi connectivity index (χ0) is 16.4. The number of nitrogens with zero attached hydrogens (tertiary/aromatic N) is 2. The molecule has 7 heteroatoms. The van der Waals surface area contributed by atoms with Crippen molar-refractivity contribution in [3.8, 4) is 0 Å². The van der Waals surface area contributed by atoms with Crippen LogP contribution in [0.3, 0.4) is 0 Å². The monoisotopic (exact) mass is 308 g/mol. The summed E-state index contributed by atoms with van der Waals surface area (Å²) >= 11 is 0. The van der Waals surface area contributed by atoms with Crippen LogP contribution >= 0.6 is 0 Å². The van der Waals surface area contributed by atoms with Crippen LogP contribution in [0.5, 0.6) is 0 Å². The molecular formula is C16H12N4O3. The number of carbonyl (C=O) groups is 2. The summed E-state index contributed by atoms with van der Waals surface area (Å²) in [4.78, 5) is 39.8. The van der Waals surface area contributed by atoms with Gasteiger partial charge in [0, 0.05) is 23.6 Å². The van der Waals surface area contributed by atoms with Crippen LogP contribution in [0.2, 0.25) is 0 Å². The number of carbonyl (C=O) groups excluding carboxylic acids is 2. The van der Waals surface area contributed by atoms with E-state index < -0.39 is 17.4 Å². The summed E-state index contributed by atoms with van der Waals surface area (Å²) < 4.78 is 1.29. The molecule has 23 heavy (non-hydrogen) atoms. The molecule has 0 aliphatic carbocycles. The number of aromatic nitrogens is 2. The Morgan fingerprint density at radius 2 is 1.96 bits per heavy atom. The van der Waals surface area contributed by atoms with E-state index in [9.17, 15) is 14.4 Å². The molecule has 0 radical (unpaired) electrons. The topological polar surface area (TPSA) is 107 Å². The van der Waals surface area contributed by atoms with E-state index >= 15 is 0 Å². The highest BCUT2D eigenvalue weighted by Gasteiger charge is 2.13. The molecular weight excluding hydrogens is 296 g/mol. The van der Waals surface area contributed by atoms with Crippen LogP contribution in [0, 0.1) is 0 Å². The van der Waals surface area contributed by atoms with Crippen LogP contribution in [0.1, 0.15) is 20.7 Å². The van der Waals surface area contributed by atoms with Gasteiger partial charge < -0.3 is 11.1 Å². The van der Waals surface area contributed by atoms with Crippen molar-refractivity contribution in [1.29, 1.82) is 0 Å². The van der Waals surface area contributed by atoms with Gasteiger partial charge in [0.05, 0.1) is 0 Å². The van der Waals surface area contributed by atoms with Crippen molar-refractivity contribution in [3.05, 3.63) is 76.3 Å². The standard InChI is InChI=1S/C16H12N4O3/c17-14(21)10-4-3-5-11(8-10)19-15(22)12-9-18-13-6-1-2-7-20(13)16(12)23/h1-9H,(H2,17,21)(H,19,22). The summed E-state index contributed by atoms with van der Waals surface area (Å²) in [5.41, 5.74) is 5.70. The average Bonchev–Trinajstić information content (AvgIpc) is 2.55. The van der Waals surface area contributed by atoms with Crippen LogP contribution < -0.4 is 16.6 Å². The van der Waals surface area contributed by atoms with Crippen LogP contribution in [0.25, 0.3) is 5.65 Å². The molecule has 0 aliphatic rings.